The van der Waals surface area contributed by atoms with Crippen molar-refractivity contribution in [2.24, 2.45) is 5.92 Å². The van der Waals surface area contributed by atoms with Gasteiger partial charge in [0.2, 0.25) is 0 Å². The second-order valence-electron chi connectivity index (χ2n) is 5.87. The van der Waals surface area contributed by atoms with Gasteiger partial charge >= 0.3 is 0 Å². The van der Waals surface area contributed by atoms with E-state index in [0.717, 1.165) is 0 Å². The van der Waals surface area contributed by atoms with Crippen molar-refractivity contribution in [3.8, 4) is 0 Å². The molecule has 26 heavy (non-hydrogen) atoms. The lowest BCUT2D eigenvalue weighted by Crippen LogP contribution is -2.37. The first-order chi connectivity index (χ1) is 12.6. The van der Waals surface area contributed by atoms with Crippen LogP contribution in [-0.4, -0.2) is 32.1 Å². The molecule has 0 aliphatic heterocycles. The lowest BCUT2D eigenvalue weighted by molar-refractivity contribution is -0.120. The van der Waals surface area contributed by atoms with Crippen molar-refractivity contribution in [1.29, 1.82) is 0 Å². The Labute approximate surface area is 150 Å². The van der Waals surface area contributed by atoms with Gasteiger partial charge in [-0.1, -0.05) is 60.7 Å². The van der Waals surface area contributed by atoms with Crippen LogP contribution in [0.2, 0.25) is 0 Å². The zero-order chi connectivity index (χ0) is 18.5. The van der Waals surface area contributed by atoms with Crippen LogP contribution in [0.1, 0.15) is 33.7 Å². The summed E-state index contributed by atoms with van der Waals surface area (Å²) in [5.74, 6) is -2.36. The van der Waals surface area contributed by atoms with Gasteiger partial charge in [0.05, 0.1) is 0 Å². The van der Waals surface area contributed by atoms with Gasteiger partial charge in [0.25, 0.3) is 0 Å². The second kappa shape index (κ2) is 7.65. The predicted octanol–water partition coefficient (Wildman–Crippen LogP) is 2.79. The zero-order valence-corrected chi connectivity index (χ0v) is 14.1. The van der Waals surface area contributed by atoms with Crippen molar-refractivity contribution < 1.29 is 14.4 Å². The van der Waals surface area contributed by atoms with Gasteiger partial charge in [-0.25, -0.2) is 9.67 Å². The smallest absolute Gasteiger partial charge is 0.188 e. The van der Waals surface area contributed by atoms with Gasteiger partial charge in [0.15, 0.2) is 11.6 Å². The number of carbonyl (C=O) groups excluding carboxylic acids is 3. The molecule has 0 bridgehead atoms. The molecule has 130 valence electrons. The van der Waals surface area contributed by atoms with E-state index in [-0.39, 0.29) is 5.78 Å². The highest BCUT2D eigenvalue weighted by atomic mass is 16.2. The van der Waals surface area contributed by atoms with Crippen LogP contribution in [0.25, 0.3) is 0 Å². The summed E-state index contributed by atoms with van der Waals surface area (Å²) in [7, 11) is 0. The van der Waals surface area contributed by atoms with E-state index in [4.69, 9.17) is 0 Å². The Bertz CT molecular complexity index is 906. The van der Waals surface area contributed by atoms with E-state index in [1.807, 2.05) is 0 Å². The molecule has 0 aliphatic carbocycles. The number of aromatic nitrogens is 3. The molecule has 1 aromatic heterocycles. The molecule has 0 N–H and O–H groups in total. The molecular weight excluding hydrogens is 330 g/mol. The molecule has 0 aliphatic rings. The molecule has 2 atom stereocenters. The fourth-order valence-electron chi connectivity index (χ4n) is 2.89. The Hall–Kier alpha value is -3.41. The van der Waals surface area contributed by atoms with E-state index in [0.29, 0.717) is 11.1 Å². The number of benzene rings is 2. The third-order valence-electron chi connectivity index (χ3n) is 4.14. The summed E-state index contributed by atoms with van der Waals surface area (Å²) in [6, 6.07) is 15.9. The lowest BCUT2D eigenvalue weighted by Gasteiger charge is -2.23. The van der Waals surface area contributed by atoms with Crippen LogP contribution >= 0.6 is 0 Å². The molecule has 0 spiro atoms. The van der Waals surface area contributed by atoms with Gasteiger partial charge < -0.3 is 0 Å². The highest BCUT2D eigenvalue weighted by Gasteiger charge is 2.39. The molecule has 2 aromatic carbocycles. The summed E-state index contributed by atoms with van der Waals surface area (Å²) < 4.78 is 1.28. The summed E-state index contributed by atoms with van der Waals surface area (Å²) in [5.41, 5.74) is 0.777. The molecule has 0 amide bonds. The van der Waals surface area contributed by atoms with Crippen molar-refractivity contribution in [2.75, 3.05) is 0 Å². The predicted molar refractivity (Wildman–Crippen MR) is 94.8 cm³/mol. The Morgan fingerprint density at radius 2 is 1.38 bits per heavy atom. The third kappa shape index (κ3) is 3.49. The Morgan fingerprint density at radius 3 is 1.85 bits per heavy atom. The van der Waals surface area contributed by atoms with Crippen molar-refractivity contribution >= 4 is 17.3 Å². The van der Waals surface area contributed by atoms with Crippen LogP contribution in [0.3, 0.4) is 0 Å². The van der Waals surface area contributed by atoms with Crippen molar-refractivity contribution in [2.45, 2.75) is 13.0 Å². The molecule has 6 heteroatoms. The van der Waals surface area contributed by atoms with E-state index in [1.54, 1.807) is 60.7 Å². The maximum atomic E-state index is 13.1. The maximum Gasteiger partial charge on any atom is 0.188 e. The lowest BCUT2D eigenvalue weighted by atomic mass is 9.84. The van der Waals surface area contributed by atoms with Gasteiger partial charge in [-0.15, -0.1) is 0 Å². The highest BCUT2D eigenvalue weighted by Crippen LogP contribution is 2.27. The first-order valence-corrected chi connectivity index (χ1v) is 8.12. The average Bonchev–Trinajstić information content (AvgIpc) is 3.20. The van der Waals surface area contributed by atoms with Crippen LogP contribution in [0.15, 0.2) is 73.3 Å². The minimum atomic E-state index is -1.19. The summed E-state index contributed by atoms with van der Waals surface area (Å²) in [4.78, 5) is 42.4. The highest BCUT2D eigenvalue weighted by molar-refractivity contribution is 6.15. The molecule has 1 heterocycles. The van der Waals surface area contributed by atoms with Crippen molar-refractivity contribution in [1.82, 2.24) is 14.8 Å². The summed E-state index contributed by atoms with van der Waals surface area (Å²) in [5, 5.41) is 4.02. The molecule has 0 radical (unpaired) electrons. The molecule has 6 nitrogen and oxygen atoms in total. The first-order valence-electron chi connectivity index (χ1n) is 8.12. The standard InChI is InChI=1S/C20H17N3O3/c1-14(24)17(19(25)15-8-4-2-5-9-15)18(23-13-21-12-22-23)20(26)16-10-6-3-7-11-16/h2-13,17-18H,1H3. The van der Waals surface area contributed by atoms with Gasteiger partial charge in [-0.2, -0.15) is 5.10 Å². The van der Waals surface area contributed by atoms with E-state index in [2.05, 4.69) is 10.1 Å². The monoisotopic (exact) mass is 347 g/mol. The van der Waals surface area contributed by atoms with E-state index >= 15 is 0 Å². The van der Waals surface area contributed by atoms with Crippen LogP contribution in [0, 0.1) is 5.92 Å². The van der Waals surface area contributed by atoms with Crippen LogP contribution in [0.4, 0.5) is 0 Å². The largest absolute Gasteiger partial charge is 0.299 e. The van der Waals surface area contributed by atoms with Gasteiger partial charge in [0.1, 0.15) is 30.4 Å². The Balaban J connectivity index is 2.08. The minimum Gasteiger partial charge on any atom is -0.299 e. The summed E-state index contributed by atoms with van der Waals surface area (Å²) >= 11 is 0. The molecular formula is C20H17N3O3. The van der Waals surface area contributed by atoms with Gasteiger partial charge in [-0.05, 0) is 6.92 Å². The van der Waals surface area contributed by atoms with Crippen molar-refractivity contribution in [3.63, 3.8) is 0 Å². The quantitative estimate of drug-likeness (QED) is 0.485. The fraction of sp³-hybridized carbons (Fsp3) is 0.150. The van der Waals surface area contributed by atoms with E-state index in [9.17, 15) is 14.4 Å². The molecule has 3 rings (SSSR count). The maximum absolute atomic E-state index is 13.1. The van der Waals surface area contributed by atoms with Crippen LogP contribution < -0.4 is 0 Å². The zero-order valence-electron chi connectivity index (χ0n) is 14.1. The number of ketones is 3. The number of nitrogens with zero attached hydrogens (tertiary/aromatic N) is 3. The Kier molecular flexibility index (Phi) is 5.12. The molecule has 0 saturated carbocycles. The number of Topliss-reactive ketones (excluding diaryl/α,β-unsaturated/α-hetero) is 3. The number of hydrogen-bond donors (Lipinski definition) is 0. The van der Waals surface area contributed by atoms with Crippen LogP contribution in [0.5, 0.6) is 0 Å². The minimum absolute atomic E-state index is 0.361. The Morgan fingerprint density at radius 1 is 0.846 bits per heavy atom. The summed E-state index contributed by atoms with van der Waals surface area (Å²) in [6.07, 6.45) is 2.62. The third-order valence-corrected chi connectivity index (χ3v) is 4.14. The van der Waals surface area contributed by atoms with Crippen LogP contribution in [-0.2, 0) is 4.79 Å². The van der Waals surface area contributed by atoms with E-state index in [1.165, 1.54) is 24.3 Å². The molecule has 0 saturated heterocycles. The molecule has 0 fully saturated rings. The van der Waals surface area contributed by atoms with Gasteiger partial charge in [0, 0.05) is 11.1 Å². The number of carbonyl (C=O) groups is 3. The molecule has 3 aromatic rings. The fourth-order valence-corrected chi connectivity index (χ4v) is 2.89. The average molecular weight is 347 g/mol. The van der Waals surface area contributed by atoms with E-state index < -0.39 is 23.5 Å². The first kappa shape index (κ1) is 17.4. The topological polar surface area (TPSA) is 81.9 Å². The number of rotatable bonds is 7. The second-order valence-corrected chi connectivity index (χ2v) is 5.87. The summed E-state index contributed by atoms with van der Waals surface area (Å²) in [6.45, 7) is 1.31. The van der Waals surface area contributed by atoms with Crippen molar-refractivity contribution in [3.05, 3.63) is 84.4 Å². The van der Waals surface area contributed by atoms with Gasteiger partial charge in [-0.3, -0.25) is 14.4 Å². The molecule has 2 unspecified atom stereocenters. The number of hydrogen-bond acceptors (Lipinski definition) is 5. The normalized spacial score (nSPS) is 13.0. The SMILES string of the molecule is CC(=O)C(C(=O)c1ccccc1)C(C(=O)c1ccccc1)n1cncn1.